The number of amides is 2. The third-order valence-electron chi connectivity index (χ3n) is 7.43. The zero-order valence-corrected chi connectivity index (χ0v) is 35.6. The van der Waals surface area contributed by atoms with Crippen LogP contribution in [0.3, 0.4) is 0 Å². The van der Waals surface area contributed by atoms with Gasteiger partial charge < -0.3 is 24.1 Å². The summed E-state index contributed by atoms with van der Waals surface area (Å²) in [4.78, 5) is 47.9. The third kappa shape index (κ3) is 14.1. The van der Waals surface area contributed by atoms with Gasteiger partial charge in [0.1, 0.15) is 33.5 Å². The molecule has 0 aliphatic rings. The van der Waals surface area contributed by atoms with Crippen molar-refractivity contribution in [2.45, 2.75) is 24.9 Å². The van der Waals surface area contributed by atoms with Crippen molar-refractivity contribution >= 4 is 79.4 Å². The second-order valence-corrected chi connectivity index (χ2v) is 14.7. The Labute approximate surface area is 370 Å². The number of nitrogens with one attached hydrogen (secondary N) is 2. The molecule has 3 N–H and O–H groups in total. The summed E-state index contributed by atoms with van der Waals surface area (Å²) in [5.41, 5.74) is -0.586. The van der Waals surface area contributed by atoms with Gasteiger partial charge in [0, 0.05) is 23.7 Å². The number of pyridine rings is 1. The van der Waals surface area contributed by atoms with Gasteiger partial charge in [-0.25, -0.2) is 22.7 Å². The number of ether oxygens (including phenoxy) is 4. The summed E-state index contributed by atoms with van der Waals surface area (Å²) in [5, 5.41) is 22.7. The maximum Gasteiger partial charge on any atom is 0.416 e. The lowest BCUT2D eigenvalue weighted by atomic mass is 10.2. The molecule has 0 atom stereocenters. The number of fused-ring (bicyclic) bond motifs is 1. The highest BCUT2D eigenvalue weighted by Crippen LogP contribution is 2.38. The average Bonchev–Trinajstić information content (AvgIpc) is 3.21. The van der Waals surface area contributed by atoms with Gasteiger partial charge >= 0.3 is 29.9 Å². The molecule has 4 aromatic carbocycles. The number of urea groups is 1. The third-order valence-corrected chi connectivity index (χ3v) is 9.89. The fraction of sp³-hybridized carbons (Fsp3) is 0.158. The smallest absolute Gasteiger partial charge is 0.416 e. The van der Waals surface area contributed by atoms with E-state index in [2.05, 4.69) is 25.3 Å². The first-order valence-electron chi connectivity index (χ1n) is 17.4. The van der Waals surface area contributed by atoms with Crippen LogP contribution in [0.2, 0.25) is 15.1 Å². The van der Waals surface area contributed by atoms with Gasteiger partial charge in [-0.3, -0.25) is 20.4 Å². The summed E-state index contributed by atoms with van der Waals surface area (Å²) >= 11 is 17.6. The van der Waals surface area contributed by atoms with Gasteiger partial charge in [-0.15, -0.1) is 0 Å². The molecule has 2 heterocycles. The number of sulfonamides is 1. The van der Waals surface area contributed by atoms with Crippen molar-refractivity contribution in [1.29, 1.82) is 0 Å². The van der Waals surface area contributed by atoms with Crippen LogP contribution in [0.1, 0.15) is 18.3 Å². The number of aryl methyl sites for hydroxylation is 1. The van der Waals surface area contributed by atoms with Gasteiger partial charge in [0.2, 0.25) is 11.7 Å². The van der Waals surface area contributed by atoms with Crippen molar-refractivity contribution in [2.75, 3.05) is 25.6 Å². The molecular weight excluding hydrogens is 926 g/mol. The number of nitrogens with zero attached hydrogens (tertiary/aromatic N) is 5. The average molecular weight is 957 g/mol. The van der Waals surface area contributed by atoms with Crippen LogP contribution >= 0.6 is 34.8 Å². The van der Waals surface area contributed by atoms with Crippen molar-refractivity contribution in [3.05, 3.63) is 128 Å². The van der Waals surface area contributed by atoms with Gasteiger partial charge in [0.15, 0.2) is 6.61 Å². The molecule has 0 saturated carbocycles. The number of carbonyl (C=O) groups excluding carboxylic acids is 1. The Kier molecular flexibility index (Phi) is 17.0. The predicted octanol–water partition coefficient (Wildman–Crippen LogP) is 9.16. The normalized spacial score (nSPS) is 10.9. The highest BCUT2D eigenvalue weighted by atomic mass is 35.5. The summed E-state index contributed by atoms with van der Waals surface area (Å²) in [6.07, 6.45) is -2.91. The first-order valence-corrected chi connectivity index (χ1v) is 20.0. The van der Waals surface area contributed by atoms with Gasteiger partial charge in [-0.1, -0.05) is 46.9 Å². The van der Waals surface area contributed by atoms with Crippen molar-refractivity contribution in [1.82, 2.24) is 24.7 Å². The lowest BCUT2D eigenvalue weighted by molar-refractivity contribution is -0.385. The Morgan fingerprint density at radius 3 is 2.22 bits per heavy atom. The van der Waals surface area contributed by atoms with Crippen LogP contribution in [-0.4, -0.2) is 70.7 Å². The van der Waals surface area contributed by atoms with E-state index < -0.39 is 45.3 Å². The Morgan fingerprint density at radius 1 is 0.873 bits per heavy atom. The molecular formula is C38H31Cl3F3N7O11S. The van der Waals surface area contributed by atoms with Crippen LogP contribution in [0.15, 0.2) is 96.0 Å². The zero-order valence-electron chi connectivity index (χ0n) is 32.5. The molecule has 18 nitrogen and oxygen atoms in total. The number of carboxylic acids is 1. The van der Waals surface area contributed by atoms with Gasteiger partial charge in [0.25, 0.3) is 10.0 Å². The molecule has 0 aliphatic heterocycles. The van der Waals surface area contributed by atoms with Crippen LogP contribution in [0.5, 0.6) is 29.0 Å². The van der Waals surface area contributed by atoms with Crippen molar-refractivity contribution < 1.29 is 60.2 Å². The quantitative estimate of drug-likeness (QED) is 0.0765. The molecule has 2 amide bonds. The van der Waals surface area contributed by atoms with E-state index in [1.54, 1.807) is 50.4 Å². The number of nitro groups is 1. The second kappa shape index (κ2) is 21.9. The number of carboxylic acid groups (broad SMARTS) is 1. The molecule has 6 rings (SSSR count). The summed E-state index contributed by atoms with van der Waals surface area (Å²) < 4.78 is 84.4. The van der Waals surface area contributed by atoms with E-state index >= 15 is 0 Å². The van der Waals surface area contributed by atoms with Gasteiger partial charge in [0.05, 0.1) is 39.3 Å². The molecule has 332 valence electrons. The molecule has 6 aromatic rings. The number of benzene rings is 4. The minimum atomic E-state index is -4.52. The van der Waals surface area contributed by atoms with Crippen LogP contribution in [0.25, 0.3) is 10.9 Å². The lowest BCUT2D eigenvalue weighted by Gasteiger charge is -2.12. The first-order chi connectivity index (χ1) is 29.7. The van der Waals surface area contributed by atoms with Crippen LogP contribution in [-0.2, 0) is 21.0 Å². The highest BCUT2D eigenvalue weighted by molar-refractivity contribution is 7.90. The van der Waals surface area contributed by atoms with E-state index in [4.69, 9.17) is 58.9 Å². The Bertz CT molecular complexity index is 2740. The highest BCUT2D eigenvalue weighted by Gasteiger charge is 2.31. The summed E-state index contributed by atoms with van der Waals surface area (Å²) in [6.45, 7) is 3.02. The first kappa shape index (κ1) is 48.9. The summed E-state index contributed by atoms with van der Waals surface area (Å²) in [6, 6.07) is 17.9. The Hall–Kier alpha value is -6.75. The zero-order chi connectivity index (χ0) is 46.5. The molecule has 0 bridgehead atoms. The van der Waals surface area contributed by atoms with Crippen LogP contribution in [0, 0.1) is 17.0 Å². The molecule has 0 unspecified atom stereocenters. The fourth-order valence-corrected chi connectivity index (χ4v) is 6.67. The van der Waals surface area contributed by atoms with E-state index in [1.165, 1.54) is 43.5 Å². The molecule has 2 aromatic heterocycles. The number of anilines is 1. The minimum Gasteiger partial charge on any atom is -0.487 e. The standard InChI is InChI=1S/C15H11ClF3NO4.C12H12ClN5O4S.C11H8ClNO3/c1-2-23-14-8-10(4-5-12(14)20(21)22)24-13-6-3-9(7-11(13)16)15(17,18)19;1-7-14-10(17-12(15-7)22-2)16-11(19)18-23(20,21)9-6-4-3-5-8(9)13;12-8-3-4-9(16-6-10(14)15)11-7(8)2-1-5-13-11/h3-8H,2H2,1H3;3-6H,1-2H3,(H2,14,15,16,17,18,19);1-5H,6H2,(H,14,15). The number of alkyl halides is 3. The van der Waals surface area contributed by atoms with Crippen molar-refractivity contribution in [3.8, 4) is 29.0 Å². The van der Waals surface area contributed by atoms with Crippen molar-refractivity contribution in [2.24, 2.45) is 0 Å². The maximum absolute atomic E-state index is 12.6. The Morgan fingerprint density at radius 2 is 1.59 bits per heavy atom. The van der Waals surface area contributed by atoms with Crippen LogP contribution in [0.4, 0.5) is 29.6 Å². The lowest BCUT2D eigenvalue weighted by Crippen LogP contribution is -2.35. The van der Waals surface area contributed by atoms with E-state index in [1.807, 2.05) is 4.72 Å². The molecule has 0 aliphatic carbocycles. The number of aromatic nitrogens is 4. The number of rotatable bonds is 12. The molecule has 0 spiro atoms. The molecule has 63 heavy (non-hydrogen) atoms. The fourth-order valence-electron chi connectivity index (χ4n) is 4.81. The monoisotopic (exact) mass is 955 g/mol. The molecule has 0 radical (unpaired) electrons. The van der Waals surface area contributed by atoms with Gasteiger partial charge in [-0.2, -0.15) is 28.1 Å². The number of aliphatic carboxylic acids is 1. The van der Waals surface area contributed by atoms with E-state index in [0.717, 1.165) is 23.6 Å². The maximum atomic E-state index is 12.6. The number of hydrogen-bond donors (Lipinski definition) is 3. The Balaban J connectivity index is 0.000000212. The number of carbonyl (C=O) groups is 2. The van der Waals surface area contributed by atoms with Gasteiger partial charge in [-0.05, 0) is 74.5 Å². The molecule has 0 saturated heterocycles. The number of hydrogen-bond acceptors (Lipinski definition) is 14. The molecule has 25 heteroatoms. The number of methoxy groups -OCH3 is 1. The number of halogens is 6. The largest absolute Gasteiger partial charge is 0.487 e. The predicted molar refractivity (Wildman–Crippen MR) is 223 cm³/mol. The summed E-state index contributed by atoms with van der Waals surface area (Å²) in [5.74, 6) is -0.349. The van der Waals surface area contributed by atoms with E-state index in [0.29, 0.717) is 22.1 Å². The van der Waals surface area contributed by atoms with Crippen molar-refractivity contribution in [3.63, 3.8) is 0 Å². The van der Waals surface area contributed by atoms with E-state index in [9.17, 15) is 41.3 Å². The van der Waals surface area contributed by atoms with E-state index in [-0.39, 0.29) is 56.4 Å². The minimum absolute atomic E-state index is 0.00882. The SMILES string of the molecule is CCOc1cc(Oc2ccc(C(F)(F)F)cc2Cl)ccc1[N+](=O)[O-].COc1nc(C)nc(NC(=O)NS(=O)(=O)c2ccccc2Cl)n1.O=C(O)COc1ccc(Cl)c2cccnc12. The molecule has 0 fully saturated rings. The van der Waals surface area contributed by atoms with Crippen LogP contribution < -0.4 is 29.0 Å². The number of nitro benzene ring substituents is 1. The topological polar surface area (TPSA) is 244 Å². The second-order valence-electron chi connectivity index (χ2n) is 11.9. The summed E-state index contributed by atoms with van der Waals surface area (Å²) in [7, 11) is -2.78.